The van der Waals surface area contributed by atoms with Gasteiger partial charge in [0.2, 0.25) is 0 Å². The summed E-state index contributed by atoms with van der Waals surface area (Å²) in [5.74, 6) is 0. The fourth-order valence-electron chi connectivity index (χ4n) is 2.39. The van der Waals surface area contributed by atoms with E-state index in [9.17, 15) is 0 Å². The lowest BCUT2D eigenvalue weighted by atomic mass is 10.1. The molecule has 1 atom stereocenters. The van der Waals surface area contributed by atoms with Crippen molar-refractivity contribution in [3.05, 3.63) is 53.0 Å². The van der Waals surface area contributed by atoms with E-state index in [-0.39, 0.29) is 0 Å². The van der Waals surface area contributed by atoms with Crippen LogP contribution in [0.2, 0.25) is 0 Å². The second-order valence-electron chi connectivity index (χ2n) is 4.74. The Kier molecular flexibility index (Phi) is 3.56. The number of thiophene rings is 1. The van der Waals surface area contributed by atoms with Gasteiger partial charge in [0.15, 0.2) is 0 Å². The smallest absolute Gasteiger partial charge is 0.0604 e. The Morgan fingerprint density at radius 1 is 1.25 bits per heavy atom. The molecule has 2 aromatic heterocycles. The summed E-state index contributed by atoms with van der Waals surface area (Å²) in [5, 5.41) is 7.86. The predicted molar refractivity (Wildman–Crippen MR) is 87.1 cm³/mol. The minimum absolute atomic E-state index is 0.329. The lowest BCUT2D eigenvalue weighted by molar-refractivity contribution is 0.765. The van der Waals surface area contributed by atoms with E-state index in [2.05, 4.69) is 34.7 Å². The molecule has 3 rings (SSSR count). The zero-order chi connectivity index (χ0) is 13.9. The number of nitrogen functional groups attached to an aromatic ring is 1. The SMILES string of the molecule is CCC(Nc1ccc(N)c2cnccc12)c1cccs1. The summed E-state index contributed by atoms with van der Waals surface area (Å²) in [5.41, 5.74) is 7.89. The topological polar surface area (TPSA) is 50.9 Å². The summed E-state index contributed by atoms with van der Waals surface area (Å²) in [7, 11) is 0. The highest BCUT2D eigenvalue weighted by molar-refractivity contribution is 7.10. The van der Waals surface area contributed by atoms with Crippen LogP contribution in [0.4, 0.5) is 11.4 Å². The molecule has 102 valence electrons. The van der Waals surface area contributed by atoms with Crippen LogP contribution < -0.4 is 11.1 Å². The molecule has 20 heavy (non-hydrogen) atoms. The van der Waals surface area contributed by atoms with Crippen molar-refractivity contribution in [1.29, 1.82) is 0 Å². The standard InChI is InChI=1S/C16H17N3S/c1-2-14(16-4-3-9-20-16)19-15-6-5-13(17)12-10-18-8-7-11(12)15/h3-10,14,19H,2,17H2,1H3. The molecule has 0 amide bonds. The Hall–Kier alpha value is -2.07. The summed E-state index contributed by atoms with van der Waals surface area (Å²) < 4.78 is 0. The lowest BCUT2D eigenvalue weighted by Gasteiger charge is -2.19. The average Bonchev–Trinajstić information content (AvgIpc) is 3.01. The molecule has 3 nitrogen and oxygen atoms in total. The van der Waals surface area contributed by atoms with Gasteiger partial charge in [0.05, 0.1) is 6.04 Å². The minimum Gasteiger partial charge on any atom is -0.398 e. The molecule has 2 heterocycles. The molecule has 0 aliphatic carbocycles. The molecule has 0 saturated carbocycles. The van der Waals surface area contributed by atoms with E-state index in [1.165, 1.54) is 4.88 Å². The van der Waals surface area contributed by atoms with E-state index >= 15 is 0 Å². The van der Waals surface area contributed by atoms with Crippen LogP contribution in [0, 0.1) is 0 Å². The maximum absolute atomic E-state index is 6.02. The highest BCUT2D eigenvalue weighted by Crippen LogP contribution is 2.32. The van der Waals surface area contributed by atoms with Gasteiger partial charge in [-0.05, 0) is 36.1 Å². The fourth-order valence-corrected chi connectivity index (χ4v) is 3.25. The number of benzene rings is 1. The van der Waals surface area contributed by atoms with Crippen molar-refractivity contribution in [3.8, 4) is 0 Å². The Morgan fingerprint density at radius 2 is 2.15 bits per heavy atom. The summed E-state index contributed by atoms with van der Waals surface area (Å²) in [4.78, 5) is 5.51. The van der Waals surface area contributed by atoms with E-state index in [0.29, 0.717) is 6.04 Å². The Balaban J connectivity index is 2.00. The highest BCUT2D eigenvalue weighted by atomic mass is 32.1. The summed E-state index contributed by atoms with van der Waals surface area (Å²) in [6, 6.07) is 10.6. The molecule has 1 unspecified atom stereocenters. The third kappa shape index (κ3) is 2.34. The highest BCUT2D eigenvalue weighted by Gasteiger charge is 2.12. The van der Waals surface area contributed by atoms with Crippen LogP contribution in [0.5, 0.6) is 0 Å². The lowest BCUT2D eigenvalue weighted by Crippen LogP contribution is -2.08. The monoisotopic (exact) mass is 283 g/mol. The number of rotatable bonds is 4. The summed E-state index contributed by atoms with van der Waals surface area (Å²) in [6.45, 7) is 2.19. The van der Waals surface area contributed by atoms with Gasteiger partial charge in [-0.25, -0.2) is 0 Å². The van der Waals surface area contributed by atoms with Crippen molar-refractivity contribution in [2.75, 3.05) is 11.1 Å². The largest absolute Gasteiger partial charge is 0.398 e. The van der Waals surface area contributed by atoms with Gasteiger partial charge in [0.1, 0.15) is 0 Å². The Labute approximate surface area is 122 Å². The van der Waals surface area contributed by atoms with Crippen LogP contribution in [0.15, 0.2) is 48.1 Å². The van der Waals surface area contributed by atoms with Crippen molar-refractivity contribution in [2.45, 2.75) is 19.4 Å². The van der Waals surface area contributed by atoms with Gasteiger partial charge in [0.25, 0.3) is 0 Å². The first kappa shape index (κ1) is 12.9. The molecule has 0 radical (unpaired) electrons. The van der Waals surface area contributed by atoms with Gasteiger partial charge in [-0.2, -0.15) is 0 Å². The van der Waals surface area contributed by atoms with Crippen LogP contribution in [0.25, 0.3) is 10.8 Å². The molecule has 0 bridgehead atoms. The van der Waals surface area contributed by atoms with E-state index in [1.807, 2.05) is 24.4 Å². The quantitative estimate of drug-likeness (QED) is 0.696. The fraction of sp³-hybridized carbons (Fsp3) is 0.188. The second kappa shape index (κ2) is 5.51. The third-order valence-corrected chi connectivity index (χ3v) is 4.46. The van der Waals surface area contributed by atoms with Gasteiger partial charge in [0, 0.05) is 39.4 Å². The van der Waals surface area contributed by atoms with Gasteiger partial charge < -0.3 is 11.1 Å². The number of nitrogens with two attached hydrogens (primary N) is 1. The van der Waals surface area contributed by atoms with E-state index in [4.69, 9.17) is 5.73 Å². The molecule has 0 fully saturated rings. The Morgan fingerprint density at radius 3 is 2.90 bits per heavy atom. The molecule has 0 aliphatic rings. The molecule has 0 saturated heterocycles. The van der Waals surface area contributed by atoms with Crippen LogP contribution in [-0.4, -0.2) is 4.98 Å². The molecule has 0 aliphatic heterocycles. The molecule has 1 aromatic carbocycles. The van der Waals surface area contributed by atoms with Crippen molar-refractivity contribution in [1.82, 2.24) is 4.98 Å². The molecule has 3 N–H and O–H groups in total. The summed E-state index contributed by atoms with van der Waals surface area (Å²) >= 11 is 1.78. The van der Waals surface area contributed by atoms with Crippen molar-refractivity contribution in [3.63, 3.8) is 0 Å². The molecule has 3 aromatic rings. The zero-order valence-electron chi connectivity index (χ0n) is 11.3. The minimum atomic E-state index is 0.329. The van der Waals surface area contributed by atoms with Gasteiger partial charge in [-0.1, -0.05) is 13.0 Å². The van der Waals surface area contributed by atoms with Gasteiger partial charge in [-0.15, -0.1) is 11.3 Å². The average molecular weight is 283 g/mol. The zero-order valence-corrected chi connectivity index (χ0v) is 12.2. The van der Waals surface area contributed by atoms with Crippen molar-refractivity contribution < 1.29 is 0 Å². The number of hydrogen-bond donors (Lipinski definition) is 2. The van der Waals surface area contributed by atoms with Gasteiger partial charge >= 0.3 is 0 Å². The molecule has 4 heteroatoms. The number of pyridine rings is 1. The number of nitrogens with one attached hydrogen (secondary N) is 1. The first-order valence-electron chi connectivity index (χ1n) is 6.71. The van der Waals surface area contributed by atoms with E-state index < -0.39 is 0 Å². The normalized spacial score (nSPS) is 12.4. The second-order valence-corrected chi connectivity index (χ2v) is 5.72. The van der Waals surface area contributed by atoms with Crippen LogP contribution in [-0.2, 0) is 0 Å². The first-order valence-corrected chi connectivity index (χ1v) is 7.59. The molecular weight excluding hydrogens is 266 g/mol. The number of aromatic nitrogens is 1. The molecule has 0 spiro atoms. The maximum Gasteiger partial charge on any atom is 0.0604 e. The van der Waals surface area contributed by atoms with E-state index in [1.54, 1.807) is 17.5 Å². The predicted octanol–water partition coefficient (Wildman–Crippen LogP) is 4.44. The van der Waals surface area contributed by atoms with Crippen LogP contribution >= 0.6 is 11.3 Å². The number of nitrogens with zero attached hydrogens (tertiary/aromatic N) is 1. The molecular formula is C16H17N3S. The van der Waals surface area contributed by atoms with Crippen molar-refractivity contribution in [2.24, 2.45) is 0 Å². The number of anilines is 2. The van der Waals surface area contributed by atoms with Crippen LogP contribution in [0.1, 0.15) is 24.3 Å². The van der Waals surface area contributed by atoms with Gasteiger partial charge in [-0.3, -0.25) is 4.98 Å². The van der Waals surface area contributed by atoms with E-state index in [0.717, 1.165) is 28.6 Å². The maximum atomic E-state index is 6.02. The Bertz CT molecular complexity index is 707. The first-order chi connectivity index (χ1) is 9.79. The third-order valence-electron chi connectivity index (χ3n) is 3.48. The summed E-state index contributed by atoms with van der Waals surface area (Å²) in [6.07, 6.45) is 4.67. The van der Waals surface area contributed by atoms with Crippen LogP contribution in [0.3, 0.4) is 0 Å². The number of hydrogen-bond acceptors (Lipinski definition) is 4. The van der Waals surface area contributed by atoms with Crippen molar-refractivity contribution >= 4 is 33.5 Å². The number of fused-ring (bicyclic) bond motifs is 1.